The smallest absolute Gasteiger partial charge is 0.165 e. The van der Waals surface area contributed by atoms with Crippen LogP contribution >= 0.6 is 0 Å². The molecule has 2 atom stereocenters. The molecule has 0 aliphatic carbocycles. The zero-order chi connectivity index (χ0) is 15.0. The second-order valence-corrected chi connectivity index (χ2v) is 5.22. The van der Waals surface area contributed by atoms with Crippen molar-refractivity contribution in [2.75, 3.05) is 6.54 Å². The van der Waals surface area contributed by atoms with Gasteiger partial charge in [-0.3, -0.25) is 4.90 Å². The fraction of sp³-hybridized carbons (Fsp3) is 0.462. The maximum Gasteiger partial charge on any atom is 0.165 e. The fourth-order valence-electron chi connectivity index (χ4n) is 2.71. The van der Waals surface area contributed by atoms with Crippen LogP contribution in [0.25, 0.3) is 0 Å². The van der Waals surface area contributed by atoms with E-state index in [1.807, 2.05) is 4.90 Å². The second kappa shape index (κ2) is 5.45. The predicted octanol–water partition coefficient (Wildman–Crippen LogP) is 0.796. The molecule has 112 valence electrons. The summed E-state index contributed by atoms with van der Waals surface area (Å²) in [6.45, 7) is 0.731. The number of hydrogen-bond acceptors (Lipinski definition) is 5. The first-order valence-electron chi connectivity index (χ1n) is 6.63. The largest absolute Gasteiger partial charge is 0.392 e. The van der Waals surface area contributed by atoms with Crippen LogP contribution in [0.15, 0.2) is 18.2 Å². The van der Waals surface area contributed by atoms with Gasteiger partial charge in [0.25, 0.3) is 0 Å². The number of halogens is 2. The number of aromatic nitrogens is 4. The van der Waals surface area contributed by atoms with Crippen molar-refractivity contribution in [3.05, 3.63) is 41.2 Å². The minimum Gasteiger partial charge on any atom is -0.392 e. The molecule has 0 unspecified atom stereocenters. The Balaban J connectivity index is 1.89. The van der Waals surface area contributed by atoms with Crippen LogP contribution in [0.3, 0.4) is 0 Å². The maximum atomic E-state index is 14.0. The van der Waals surface area contributed by atoms with Crippen molar-refractivity contribution in [1.82, 2.24) is 25.1 Å². The van der Waals surface area contributed by atoms with Crippen LogP contribution in [-0.4, -0.2) is 42.9 Å². The van der Waals surface area contributed by atoms with Gasteiger partial charge in [0.2, 0.25) is 0 Å². The number of aliphatic hydroxyl groups is 1. The van der Waals surface area contributed by atoms with E-state index in [1.165, 1.54) is 10.7 Å². The molecule has 21 heavy (non-hydrogen) atoms. The molecule has 1 aliphatic heterocycles. The molecular weight excluding hydrogens is 280 g/mol. The van der Waals surface area contributed by atoms with Crippen molar-refractivity contribution in [2.24, 2.45) is 7.05 Å². The van der Waals surface area contributed by atoms with Gasteiger partial charge in [-0.05, 0) is 35.0 Å². The second-order valence-electron chi connectivity index (χ2n) is 5.22. The molecular formula is C13H15F2N5O. The van der Waals surface area contributed by atoms with E-state index in [0.29, 0.717) is 25.3 Å². The first kappa shape index (κ1) is 14.0. The number of tetrazole rings is 1. The quantitative estimate of drug-likeness (QED) is 0.907. The highest BCUT2D eigenvalue weighted by molar-refractivity contribution is 5.24. The Hall–Kier alpha value is -1.93. The molecule has 8 heteroatoms. The van der Waals surface area contributed by atoms with Crippen molar-refractivity contribution in [1.29, 1.82) is 0 Å². The highest BCUT2D eigenvalue weighted by Gasteiger charge is 2.34. The Morgan fingerprint density at radius 3 is 2.90 bits per heavy atom. The third kappa shape index (κ3) is 2.77. The number of benzene rings is 1. The Morgan fingerprint density at radius 1 is 1.38 bits per heavy atom. The first-order valence-corrected chi connectivity index (χ1v) is 6.63. The zero-order valence-electron chi connectivity index (χ0n) is 11.4. The van der Waals surface area contributed by atoms with Crippen molar-refractivity contribution in [2.45, 2.75) is 25.1 Å². The molecule has 3 rings (SSSR count). The molecule has 2 aromatic rings. The predicted molar refractivity (Wildman–Crippen MR) is 68.9 cm³/mol. The molecule has 1 aliphatic rings. The molecule has 0 spiro atoms. The third-order valence-corrected chi connectivity index (χ3v) is 3.75. The van der Waals surface area contributed by atoms with Gasteiger partial charge < -0.3 is 5.11 Å². The molecule has 1 saturated heterocycles. The summed E-state index contributed by atoms with van der Waals surface area (Å²) in [6, 6.07) is 2.98. The maximum absolute atomic E-state index is 14.0. The summed E-state index contributed by atoms with van der Waals surface area (Å²) in [5.74, 6) is -0.365. The lowest BCUT2D eigenvalue weighted by atomic mass is 10.0. The molecule has 0 bridgehead atoms. The number of likely N-dealkylation sites (tertiary alicyclic amines) is 1. The summed E-state index contributed by atoms with van der Waals surface area (Å²) in [5, 5.41) is 21.0. The van der Waals surface area contributed by atoms with E-state index in [2.05, 4.69) is 15.5 Å². The van der Waals surface area contributed by atoms with Gasteiger partial charge in [-0.25, -0.2) is 13.5 Å². The van der Waals surface area contributed by atoms with Crippen LogP contribution in [0.2, 0.25) is 0 Å². The van der Waals surface area contributed by atoms with E-state index in [1.54, 1.807) is 7.05 Å². The monoisotopic (exact) mass is 295 g/mol. The number of nitrogens with zero attached hydrogens (tertiary/aromatic N) is 5. The van der Waals surface area contributed by atoms with E-state index >= 15 is 0 Å². The average molecular weight is 295 g/mol. The molecule has 1 aromatic heterocycles. The van der Waals surface area contributed by atoms with Crippen molar-refractivity contribution in [3.63, 3.8) is 0 Å². The minimum absolute atomic E-state index is 0.252. The first-order chi connectivity index (χ1) is 10.0. The van der Waals surface area contributed by atoms with Crippen molar-refractivity contribution in [3.8, 4) is 0 Å². The van der Waals surface area contributed by atoms with Crippen molar-refractivity contribution < 1.29 is 13.9 Å². The number of aliphatic hydroxyl groups excluding tert-OH is 1. The Kier molecular flexibility index (Phi) is 3.64. The van der Waals surface area contributed by atoms with Crippen LogP contribution in [0.4, 0.5) is 8.78 Å². The summed E-state index contributed by atoms with van der Waals surface area (Å²) in [6.07, 6.45) is -0.232. The van der Waals surface area contributed by atoms with Gasteiger partial charge in [0.05, 0.1) is 12.6 Å². The number of aryl methyl sites for hydroxylation is 1. The van der Waals surface area contributed by atoms with E-state index in [-0.39, 0.29) is 5.56 Å². The van der Waals surface area contributed by atoms with Gasteiger partial charge in [0.1, 0.15) is 11.6 Å². The van der Waals surface area contributed by atoms with E-state index in [0.717, 1.165) is 12.1 Å². The third-order valence-electron chi connectivity index (χ3n) is 3.75. The standard InChI is InChI=1S/C13H15F2N5O/c1-19-13(16-17-18-19)7-20-6-9(21)5-12(20)10-4-8(14)2-3-11(10)15/h2-4,9,12,21H,5-7H2,1H3/t9-,12+/m0/s1. The molecule has 1 aromatic carbocycles. The molecule has 2 heterocycles. The molecule has 0 saturated carbocycles. The summed E-state index contributed by atoms with van der Waals surface area (Å²) < 4.78 is 28.9. The molecule has 0 radical (unpaired) electrons. The topological polar surface area (TPSA) is 67.1 Å². The van der Waals surface area contributed by atoms with Gasteiger partial charge in [-0.2, -0.15) is 0 Å². The van der Waals surface area contributed by atoms with Gasteiger partial charge in [0.15, 0.2) is 5.82 Å². The normalized spacial score (nSPS) is 22.9. The van der Waals surface area contributed by atoms with E-state index < -0.39 is 23.8 Å². The number of hydrogen-bond donors (Lipinski definition) is 1. The lowest BCUT2D eigenvalue weighted by Gasteiger charge is -2.23. The summed E-state index contributed by atoms with van der Waals surface area (Å²) in [7, 11) is 1.71. The summed E-state index contributed by atoms with van der Waals surface area (Å²) >= 11 is 0. The van der Waals surface area contributed by atoms with Crippen LogP contribution in [-0.2, 0) is 13.6 Å². The van der Waals surface area contributed by atoms with Gasteiger partial charge >= 0.3 is 0 Å². The highest BCUT2D eigenvalue weighted by atomic mass is 19.1. The molecule has 1 N–H and O–H groups in total. The number of rotatable bonds is 3. The number of β-amino-alcohol motifs (C(OH)–C–C–N with tert-alkyl or cyclic N) is 1. The molecule has 0 amide bonds. The van der Waals surface area contributed by atoms with Crippen LogP contribution in [0, 0.1) is 11.6 Å². The minimum atomic E-state index is -0.584. The SMILES string of the molecule is Cn1nnnc1CN1C[C@@H](O)C[C@@H]1c1cc(F)ccc1F. The van der Waals surface area contributed by atoms with Crippen LogP contribution < -0.4 is 0 Å². The van der Waals surface area contributed by atoms with Gasteiger partial charge in [-0.15, -0.1) is 5.10 Å². The Labute approximate surface area is 120 Å². The summed E-state index contributed by atoms with van der Waals surface area (Å²) in [5.41, 5.74) is 0.252. The lowest BCUT2D eigenvalue weighted by Crippen LogP contribution is -2.26. The van der Waals surface area contributed by atoms with Gasteiger partial charge in [-0.1, -0.05) is 0 Å². The molecule has 1 fully saturated rings. The zero-order valence-corrected chi connectivity index (χ0v) is 11.4. The average Bonchev–Trinajstić information content (AvgIpc) is 3.00. The van der Waals surface area contributed by atoms with Gasteiger partial charge in [0, 0.05) is 25.2 Å². The van der Waals surface area contributed by atoms with E-state index in [4.69, 9.17) is 0 Å². The van der Waals surface area contributed by atoms with Crippen molar-refractivity contribution >= 4 is 0 Å². The highest BCUT2D eigenvalue weighted by Crippen LogP contribution is 2.34. The summed E-state index contributed by atoms with van der Waals surface area (Å²) in [4.78, 5) is 1.86. The van der Waals surface area contributed by atoms with E-state index in [9.17, 15) is 13.9 Å². The fourth-order valence-corrected chi connectivity index (χ4v) is 2.71. The Bertz CT molecular complexity index is 647. The molecule has 6 nitrogen and oxygen atoms in total. The Morgan fingerprint density at radius 2 is 2.19 bits per heavy atom. The van der Waals surface area contributed by atoms with Crippen LogP contribution in [0.5, 0.6) is 0 Å². The van der Waals surface area contributed by atoms with Crippen LogP contribution in [0.1, 0.15) is 23.9 Å². The lowest BCUT2D eigenvalue weighted by molar-refractivity contribution is 0.170.